The van der Waals surface area contributed by atoms with Crippen LogP contribution in [0.4, 0.5) is 11.4 Å². The van der Waals surface area contributed by atoms with Crippen molar-refractivity contribution < 1.29 is 22.4 Å². The lowest BCUT2D eigenvalue weighted by Gasteiger charge is -2.20. The number of furan rings is 1. The van der Waals surface area contributed by atoms with Crippen LogP contribution >= 0.6 is 0 Å². The van der Waals surface area contributed by atoms with Gasteiger partial charge in [0, 0.05) is 36.6 Å². The van der Waals surface area contributed by atoms with Crippen LogP contribution in [-0.4, -0.2) is 44.2 Å². The number of nitrogens with zero attached hydrogens (tertiary/aromatic N) is 2. The van der Waals surface area contributed by atoms with Crippen LogP contribution in [0.5, 0.6) is 0 Å². The second kappa shape index (κ2) is 9.21. The fraction of sp³-hybridized carbons (Fsp3) is 0.250. The average Bonchev–Trinajstić information content (AvgIpc) is 3.50. The van der Waals surface area contributed by atoms with Crippen molar-refractivity contribution in [1.29, 1.82) is 0 Å². The highest BCUT2D eigenvalue weighted by atomic mass is 32.2. The highest BCUT2D eigenvalue weighted by Crippen LogP contribution is 2.32. The van der Waals surface area contributed by atoms with Gasteiger partial charge < -0.3 is 14.6 Å². The standard InChI is InChI=1S/C24H25N3O5S/c1-3-26(4-2)33(30,31)20-11-12-21-18(16-20)13-14-27(21)24(29)17-7-9-19(10-8-17)25-23(28)22-6-5-15-32-22/h5-12,15-16H,3-4,13-14H2,1-2H3,(H,25,28). The first-order chi connectivity index (χ1) is 15.8. The quantitative estimate of drug-likeness (QED) is 0.570. The summed E-state index contributed by atoms with van der Waals surface area (Å²) >= 11 is 0. The van der Waals surface area contributed by atoms with Gasteiger partial charge in [0.1, 0.15) is 0 Å². The molecule has 0 unspecified atom stereocenters. The number of benzene rings is 2. The molecule has 8 nitrogen and oxygen atoms in total. The first kappa shape index (κ1) is 22.8. The van der Waals surface area contributed by atoms with Crippen LogP contribution in [0.1, 0.15) is 40.3 Å². The minimum atomic E-state index is -3.56. The molecule has 1 aliphatic heterocycles. The molecule has 0 atom stereocenters. The molecule has 0 radical (unpaired) electrons. The number of hydrogen-bond acceptors (Lipinski definition) is 5. The molecule has 1 aromatic heterocycles. The molecule has 2 aromatic carbocycles. The highest BCUT2D eigenvalue weighted by molar-refractivity contribution is 7.89. The van der Waals surface area contributed by atoms with E-state index in [-0.39, 0.29) is 22.5 Å². The van der Waals surface area contributed by atoms with Gasteiger partial charge in [-0.2, -0.15) is 4.31 Å². The molecule has 0 fully saturated rings. The van der Waals surface area contributed by atoms with Crippen molar-refractivity contribution >= 4 is 33.2 Å². The maximum absolute atomic E-state index is 13.1. The Bertz CT molecular complexity index is 1260. The van der Waals surface area contributed by atoms with Gasteiger partial charge in [-0.05, 0) is 66.6 Å². The number of amides is 2. The van der Waals surface area contributed by atoms with Crippen molar-refractivity contribution in [3.63, 3.8) is 0 Å². The van der Waals surface area contributed by atoms with Crippen molar-refractivity contribution in [2.75, 3.05) is 29.9 Å². The number of carbonyl (C=O) groups excluding carboxylic acids is 2. The van der Waals surface area contributed by atoms with Gasteiger partial charge in [-0.25, -0.2) is 8.42 Å². The van der Waals surface area contributed by atoms with Crippen molar-refractivity contribution in [3.05, 3.63) is 77.7 Å². The van der Waals surface area contributed by atoms with Crippen molar-refractivity contribution in [3.8, 4) is 0 Å². The Kier molecular flexibility index (Phi) is 6.35. The van der Waals surface area contributed by atoms with Gasteiger partial charge in [0.05, 0.1) is 11.2 Å². The normalized spacial score (nSPS) is 13.2. The van der Waals surface area contributed by atoms with E-state index in [0.29, 0.717) is 43.0 Å². The third-order valence-electron chi connectivity index (χ3n) is 5.67. The zero-order valence-corrected chi connectivity index (χ0v) is 19.3. The van der Waals surface area contributed by atoms with E-state index in [1.54, 1.807) is 59.5 Å². The van der Waals surface area contributed by atoms with E-state index in [1.807, 2.05) is 13.8 Å². The van der Waals surface area contributed by atoms with E-state index in [4.69, 9.17) is 4.42 Å². The van der Waals surface area contributed by atoms with Gasteiger partial charge in [0.2, 0.25) is 10.0 Å². The number of sulfonamides is 1. The molecule has 1 N–H and O–H groups in total. The lowest BCUT2D eigenvalue weighted by atomic mass is 10.1. The van der Waals surface area contributed by atoms with E-state index >= 15 is 0 Å². The van der Waals surface area contributed by atoms with Gasteiger partial charge >= 0.3 is 0 Å². The summed E-state index contributed by atoms with van der Waals surface area (Å²) in [4.78, 5) is 27.1. The Morgan fingerprint density at radius 2 is 1.79 bits per heavy atom. The van der Waals surface area contributed by atoms with Crippen LogP contribution < -0.4 is 10.2 Å². The van der Waals surface area contributed by atoms with Crippen molar-refractivity contribution in [2.45, 2.75) is 25.2 Å². The Hall–Kier alpha value is -3.43. The molecular formula is C24H25N3O5S. The lowest BCUT2D eigenvalue weighted by molar-refractivity contribution is 0.0985. The Morgan fingerprint density at radius 3 is 2.42 bits per heavy atom. The summed E-state index contributed by atoms with van der Waals surface area (Å²) in [7, 11) is -3.56. The fourth-order valence-electron chi connectivity index (χ4n) is 3.91. The van der Waals surface area contributed by atoms with Crippen LogP contribution in [0.25, 0.3) is 0 Å². The summed E-state index contributed by atoms with van der Waals surface area (Å²) < 4.78 is 32.1. The number of rotatable bonds is 7. The summed E-state index contributed by atoms with van der Waals surface area (Å²) in [5, 5.41) is 2.72. The van der Waals surface area contributed by atoms with Gasteiger partial charge in [0.25, 0.3) is 11.8 Å². The topological polar surface area (TPSA) is 99.9 Å². The van der Waals surface area contributed by atoms with Crippen LogP contribution in [-0.2, 0) is 16.4 Å². The molecule has 33 heavy (non-hydrogen) atoms. The van der Waals surface area contributed by atoms with Gasteiger partial charge in [-0.1, -0.05) is 13.8 Å². The van der Waals surface area contributed by atoms with Gasteiger partial charge in [-0.15, -0.1) is 0 Å². The molecule has 0 spiro atoms. The SMILES string of the molecule is CCN(CC)S(=O)(=O)c1ccc2c(c1)CCN2C(=O)c1ccc(NC(=O)c2ccco2)cc1. The summed E-state index contributed by atoms with van der Waals surface area (Å²) in [6.07, 6.45) is 2.01. The summed E-state index contributed by atoms with van der Waals surface area (Å²) in [5.41, 5.74) is 2.56. The van der Waals surface area contributed by atoms with Crippen molar-refractivity contribution in [1.82, 2.24) is 4.31 Å². The first-order valence-electron chi connectivity index (χ1n) is 10.7. The van der Waals surface area contributed by atoms with Crippen LogP contribution in [0, 0.1) is 0 Å². The highest BCUT2D eigenvalue weighted by Gasteiger charge is 2.29. The Morgan fingerprint density at radius 1 is 1.06 bits per heavy atom. The van der Waals surface area contributed by atoms with Gasteiger partial charge in [0.15, 0.2) is 5.76 Å². The number of hydrogen-bond donors (Lipinski definition) is 1. The predicted octanol–water partition coefficient (Wildman–Crippen LogP) is 3.77. The molecule has 2 heterocycles. The second-order valence-corrected chi connectivity index (χ2v) is 9.53. The van der Waals surface area contributed by atoms with E-state index in [0.717, 1.165) is 5.56 Å². The lowest BCUT2D eigenvalue weighted by Crippen LogP contribution is -2.30. The molecular weight excluding hydrogens is 442 g/mol. The molecule has 0 saturated carbocycles. The number of carbonyl (C=O) groups is 2. The zero-order chi connectivity index (χ0) is 23.6. The molecule has 2 amide bonds. The average molecular weight is 468 g/mol. The third kappa shape index (κ3) is 4.42. The molecule has 0 saturated heterocycles. The van der Waals surface area contributed by atoms with Crippen LogP contribution in [0.2, 0.25) is 0 Å². The molecule has 3 aromatic rings. The molecule has 4 rings (SSSR count). The summed E-state index contributed by atoms with van der Waals surface area (Å²) in [6, 6.07) is 14.7. The van der Waals surface area contributed by atoms with E-state index < -0.39 is 10.0 Å². The van der Waals surface area contributed by atoms with Crippen LogP contribution in [0.15, 0.2) is 70.2 Å². The van der Waals surface area contributed by atoms with E-state index in [9.17, 15) is 18.0 Å². The first-order valence-corrected chi connectivity index (χ1v) is 12.2. The molecule has 9 heteroatoms. The summed E-state index contributed by atoms with van der Waals surface area (Å²) in [6.45, 7) is 4.89. The molecule has 1 aliphatic rings. The Labute approximate surface area is 192 Å². The van der Waals surface area contributed by atoms with Gasteiger partial charge in [-0.3, -0.25) is 9.59 Å². The van der Waals surface area contributed by atoms with Crippen LogP contribution in [0.3, 0.4) is 0 Å². The predicted molar refractivity (Wildman–Crippen MR) is 125 cm³/mol. The number of fused-ring (bicyclic) bond motifs is 1. The zero-order valence-electron chi connectivity index (χ0n) is 18.4. The number of nitrogens with one attached hydrogen (secondary N) is 1. The molecule has 0 aliphatic carbocycles. The largest absolute Gasteiger partial charge is 0.459 e. The minimum Gasteiger partial charge on any atom is -0.459 e. The molecule has 172 valence electrons. The maximum atomic E-state index is 13.1. The maximum Gasteiger partial charge on any atom is 0.291 e. The smallest absolute Gasteiger partial charge is 0.291 e. The van der Waals surface area contributed by atoms with Crippen molar-refractivity contribution in [2.24, 2.45) is 0 Å². The van der Waals surface area contributed by atoms with E-state index in [1.165, 1.54) is 10.6 Å². The second-order valence-electron chi connectivity index (χ2n) is 7.60. The Balaban J connectivity index is 1.50. The third-order valence-corrected chi connectivity index (χ3v) is 7.72. The fourth-order valence-corrected chi connectivity index (χ4v) is 5.42. The molecule has 0 bridgehead atoms. The summed E-state index contributed by atoms with van der Waals surface area (Å²) in [5.74, 6) is -0.355. The number of anilines is 2. The monoisotopic (exact) mass is 467 g/mol. The minimum absolute atomic E-state index is 0.183. The van der Waals surface area contributed by atoms with E-state index in [2.05, 4.69) is 5.32 Å².